The Morgan fingerprint density at radius 1 is 1.21 bits per heavy atom. The van der Waals surface area contributed by atoms with E-state index in [2.05, 4.69) is 22.1 Å². The number of benzene rings is 1. The first-order chi connectivity index (χ1) is 14.0. The van der Waals surface area contributed by atoms with Crippen LogP contribution >= 0.6 is 0 Å². The topological polar surface area (TPSA) is 80.6 Å². The number of ether oxygens (including phenoxy) is 1. The fraction of sp³-hybridized carbons (Fsp3) is 0.333. The lowest BCUT2D eigenvalue weighted by Gasteiger charge is -2.21. The van der Waals surface area contributed by atoms with Gasteiger partial charge in [0.2, 0.25) is 0 Å². The minimum Gasteiger partial charge on any atom is -0.439 e. The van der Waals surface area contributed by atoms with Gasteiger partial charge < -0.3 is 19.1 Å². The molecule has 29 heavy (non-hydrogen) atoms. The molecule has 2 amide bonds. The van der Waals surface area contributed by atoms with Crippen molar-refractivity contribution in [2.75, 3.05) is 26.7 Å². The zero-order chi connectivity index (χ0) is 20.0. The number of hydrogen-bond acceptors (Lipinski definition) is 5. The van der Waals surface area contributed by atoms with Crippen molar-refractivity contribution in [3.05, 3.63) is 60.0 Å². The third kappa shape index (κ3) is 3.10. The number of imidazole rings is 1. The van der Waals surface area contributed by atoms with Crippen molar-refractivity contribution < 1.29 is 14.3 Å². The summed E-state index contributed by atoms with van der Waals surface area (Å²) in [6.45, 7) is 2.14. The van der Waals surface area contributed by atoms with Crippen LogP contribution in [0.25, 0.3) is 11.2 Å². The van der Waals surface area contributed by atoms with Gasteiger partial charge in [-0.05, 0) is 11.6 Å². The average Bonchev–Trinajstić information content (AvgIpc) is 3.40. The molecule has 0 N–H and O–H groups in total. The van der Waals surface area contributed by atoms with Crippen LogP contribution in [0.2, 0.25) is 0 Å². The molecule has 0 aliphatic carbocycles. The molecule has 5 rings (SSSR count). The molecule has 2 aromatic heterocycles. The van der Waals surface area contributed by atoms with Crippen LogP contribution in [0.15, 0.2) is 48.9 Å². The second-order valence-corrected chi connectivity index (χ2v) is 7.81. The largest absolute Gasteiger partial charge is 0.439 e. The first-order valence-electron chi connectivity index (χ1n) is 9.61. The summed E-state index contributed by atoms with van der Waals surface area (Å²) in [5.41, 5.74) is 2.50. The normalized spacial score (nSPS) is 21.3. The number of likely N-dealkylation sites (tertiary alicyclic amines) is 1. The molecular formula is C21H21N5O3. The first kappa shape index (κ1) is 17.7. The van der Waals surface area contributed by atoms with Crippen molar-refractivity contribution in [2.45, 2.75) is 18.6 Å². The number of hydrogen-bond donors (Lipinski definition) is 0. The summed E-state index contributed by atoms with van der Waals surface area (Å²) in [6.07, 6.45) is 3.67. The molecule has 1 atom stereocenters. The highest BCUT2D eigenvalue weighted by Crippen LogP contribution is 2.32. The lowest BCUT2D eigenvalue weighted by atomic mass is 10.0. The van der Waals surface area contributed by atoms with Crippen molar-refractivity contribution in [2.24, 2.45) is 0 Å². The Hall–Kier alpha value is -3.42. The second kappa shape index (κ2) is 6.58. The molecule has 8 heteroatoms. The summed E-state index contributed by atoms with van der Waals surface area (Å²) in [5.74, 6) is -0.112. The third-order valence-electron chi connectivity index (χ3n) is 5.64. The van der Waals surface area contributed by atoms with E-state index < -0.39 is 5.60 Å². The maximum atomic E-state index is 13.0. The summed E-state index contributed by atoms with van der Waals surface area (Å²) in [4.78, 5) is 37.0. The first-order valence-corrected chi connectivity index (χ1v) is 9.61. The number of amides is 2. The number of pyridine rings is 1. The molecule has 4 heterocycles. The smallest absolute Gasteiger partial charge is 0.410 e. The molecule has 2 aliphatic rings. The Kier molecular flexibility index (Phi) is 4.01. The van der Waals surface area contributed by atoms with E-state index in [1.54, 1.807) is 35.4 Å². The van der Waals surface area contributed by atoms with E-state index in [-0.39, 0.29) is 12.0 Å². The average molecular weight is 391 g/mol. The van der Waals surface area contributed by atoms with Gasteiger partial charge >= 0.3 is 6.09 Å². The van der Waals surface area contributed by atoms with E-state index in [1.807, 2.05) is 22.8 Å². The zero-order valence-electron chi connectivity index (χ0n) is 16.1. The Morgan fingerprint density at radius 3 is 2.79 bits per heavy atom. The van der Waals surface area contributed by atoms with Crippen LogP contribution in [0.4, 0.5) is 4.79 Å². The highest BCUT2D eigenvalue weighted by atomic mass is 16.6. The van der Waals surface area contributed by atoms with Crippen molar-refractivity contribution in [3.8, 4) is 0 Å². The Balaban J connectivity index is 1.35. The molecule has 1 unspecified atom stereocenters. The van der Waals surface area contributed by atoms with Gasteiger partial charge in [0.05, 0.1) is 31.5 Å². The van der Waals surface area contributed by atoms with Gasteiger partial charge in [0.1, 0.15) is 5.52 Å². The van der Waals surface area contributed by atoms with Gasteiger partial charge in [-0.2, -0.15) is 0 Å². The number of likely N-dealkylation sites (N-methyl/N-ethyl adjacent to an activating group) is 1. The van der Waals surface area contributed by atoms with Gasteiger partial charge in [-0.1, -0.05) is 30.3 Å². The van der Waals surface area contributed by atoms with Crippen molar-refractivity contribution in [3.63, 3.8) is 0 Å². The van der Waals surface area contributed by atoms with Crippen LogP contribution in [-0.4, -0.2) is 68.6 Å². The Labute approximate surface area is 167 Å². The van der Waals surface area contributed by atoms with Gasteiger partial charge in [0.15, 0.2) is 11.2 Å². The second-order valence-electron chi connectivity index (χ2n) is 7.81. The summed E-state index contributed by atoms with van der Waals surface area (Å²) in [5, 5.41) is 0. The quantitative estimate of drug-likeness (QED) is 0.683. The number of aromatic nitrogens is 3. The van der Waals surface area contributed by atoms with Crippen LogP contribution in [0, 0.1) is 0 Å². The van der Waals surface area contributed by atoms with Crippen LogP contribution in [0.1, 0.15) is 22.3 Å². The maximum absolute atomic E-state index is 13.0. The van der Waals surface area contributed by atoms with Crippen molar-refractivity contribution >= 4 is 23.2 Å². The van der Waals surface area contributed by atoms with Gasteiger partial charge in [0, 0.05) is 26.2 Å². The van der Waals surface area contributed by atoms with E-state index in [0.717, 1.165) is 11.2 Å². The zero-order valence-corrected chi connectivity index (χ0v) is 16.1. The number of fused-ring (bicyclic) bond motifs is 1. The molecule has 2 aliphatic heterocycles. The van der Waals surface area contributed by atoms with E-state index >= 15 is 0 Å². The summed E-state index contributed by atoms with van der Waals surface area (Å²) in [6, 6.07) is 11.9. The van der Waals surface area contributed by atoms with Crippen molar-refractivity contribution in [1.82, 2.24) is 24.3 Å². The maximum Gasteiger partial charge on any atom is 0.410 e. The molecule has 0 bridgehead atoms. The predicted molar refractivity (Wildman–Crippen MR) is 105 cm³/mol. The molecule has 2 saturated heterocycles. The molecule has 0 radical (unpaired) electrons. The van der Waals surface area contributed by atoms with Gasteiger partial charge in [-0.25, -0.2) is 14.8 Å². The molecular weight excluding hydrogens is 370 g/mol. The molecule has 148 valence electrons. The molecule has 1 spiro atoms. The fourth-order valence-corrected chi connectivity index (χ4v) is 4.17. The molecule has 1 aromatic carbocycles. The van der Waals surface area contributed by atoms with E-state index in [0.29, 0.717) is 43.7 Å². The highest BCUT2D eigenvalue weighted by Gasteiger charge is 2.49. The highest BCUT2D eigenvalue weighted by molar-refractivity contribution is 5.96. The monoisotopic (exact) mass is 391 g/mol. The summed E-state index contributed by atoms with van der Waals surface area (Å²) >= 11 is 0. The van der Waals surface area contributed by atoms with Gasteiger partial charge in [0.25, 0.3) is 5.91 Å². The minimum absolute atomic E-state index is 0.112. The summed E-state index contributed by atoms with van der Waals surface area (Å²) < 4.78 is 7.50. The Morgan fingerprint density at radius 2 is 2.03 bits per heavy atom. The number of carbonyl (C=O) groups is 2. The SMILES string of the molecule is CN1CC2(CCN(C(=O)c3cnc4c(c3)ncn4Cc3ccccc3)C2)OC1=O. The summed E-state index contributed by atoms with van der Waals surface area (Å²) in [7, 11) is 1.71. The fourth-order valence-electron chi connectivity index (χ4n) is 4.17. The number of nitrogens with zero attached hydrogens (tertiary/aromatic N) is 5. The number of carbonyl (C=O) groups excluding carboxylic acids is 2. The molecule has 3 aromatic rings. The predicted octanol–water partition coefficient (Wildman–Crippen LogP) is 2.15. The lowest BCUT2D eigenvalue weighted by molar-refractivity contribution is 0.0553. The van der Waals surface area contributed by atoms with Crippen LogP contribution in [0.3, 0.4) is 0 Å². The van der Waals surface area contributed by atoms with E-state index in [1.165, 1.54) is 0 Å². The Bertz CT molecular complexity index is 1100. The van der Waals surface area contributed by atoms with Crippen LogP contribution in [0.5, 0.6) is 0 Å². The minimum atomic E-state index is -0.587. The van der Waals surface area contributed by atoms with E-state index in [9.17, 15) is 9.59 Å². The van der Waals surface area contributed by atoms with Crippen molar-refractivity contribution in [1.29, 1.82) is 0 Å². The van der Waals surface area contributed by atoms with Crippen LogP contribution in [-0.2, 0) is 11.3 Å². The number of rotatable bonds is 3. The molecule has 8 nitrogen and oxygen atoms in total. The molecule has 0 saturated carbocycles. The molecule has 2 fully saturated rings. The van der Waals surface area contributed by atoms with Gasteiger partial charge in [-0.15, -0.1) is 0 Å². The third-order valence-corrected chi connectivity index (χ3v) is 5.64. The lowest BCUT2D eigenvalue weighted by Crippen LogP contribution is -2.39. The van der Waals surface area contributed by atoms with Gasteiger partial charge in [-0.3, -0.25) is 4.79 Å². The van der Waals surface area contributed by atoms with Crippen LogP contribution < -0.4 is 0 Å². The standard InChI is InChI=1S/C21H21N5O3/c1-24-12-21(29-20(24)28)7-8-25(13-21)19(27)16-9-17-18(22-10-16)26(14-23-17)11-15-5-3-2-4-6-15/h2-6,9-10,14H,7-8,11-13H2,1H3. The van der Waals surface area contributed by atoms with E-state index in [4.69, 9.17) is 4.74 Å².